The van der Waals surface area contributed by atoms with Crippen molar-refractivity contribution in [1.29, 1.82) is 0 Å². The van der Waals surface area contributed by atoms with Gasteiger partial charge in [0.1, 0.15) is 18.2 Å². The Balaban J connectivity index is 1.32. The minimum atomic E-state index is -0.444. The number of piperidine rings is 1. The fraction of sp³-hybridized carbons (Fsp3) is 0.444. The molecule has 1 aromatic carbocycles. The minimum Gasteiger partial charge on any atom is -0.490 e. The van der Waals surface area contributed by atoms with E-state index < -0.39 is 5.82 Å². The van der Waals surface area contributed by atoms with Crippen LogP contribution in [-0.4, -0.2) is 56.9 Å². The van der Waals surface area contributed by atoms with Gasteiger partial charge >= 0.3 is 5.69 Å². The Morgan fingerprint density at radius 3 is 2.78 bits per heavy atom. The zero-order valence-electron chi connectivity index (χ0n) is 20.7. The molecule has 9 heteroatoms. The second-order valence-corrected chi connectivity index (χ2v) is 9.81. The van der Waals surface area contributed by atoms with E-state index in [0.29, 0.717) is 45.8 Å². The molecule has 0 spiro atoms. The Morgan fingerprint density at radius 2 is 2.00 bits per heavy atom. The normalized spacial score (nSPS) is 18.0. The van der Waals surface area contributed by atoms with Gasteiger partial charge in [-0.05, 0) is 45.3 Å². The van der Waals surface area contributed by atoms with E-state index >= 15 is 4.39 Å². The smallest absolute Gasteiger partial charge is 0.329 e. The fourth-order valence-electron chi connectivity index (χ4n) is 5.48. The summed E-state index contributed by atoms with van der Waals surface area (Å²) < 4.78 is 30.8. The Hall–Kier alpha value is -3.46. The minimum absolute atomic E-state index is 0.141. The molecule has 4 aromatic rings. The molecule has 1 atom stereocenters. The molecular formula is C27H30FN5O3. The zero-order valence-corrected chi connectivity index (χ0v) is 20.7. The van der Waals surface area contributed by atoms with E-state index in [0.717, 1.165) is 18.5 Å². The van der Waals surface area contributed by atoms with Gasteiger partial charge in [0.2, 0.25) is 5.88 Å². The number of benzene rings is 1. The first-order valence-corrected chi connectivity index (χ1v) is 12.7. The van der Waals surface area contributed by atoms with Crippen molar-refractivity contribution >= 4 is 21.9 Å². The molecule has 1 saturated heterocycles. The number of hydrogen-bond acceptors (Lipinski definition) is 6. The van der Waals surface area contributed by atoms with Crippen molar-refractivity contribution in [3.63, 3.8) is 0 Å². The van der Waals surface area contributed by atoms with Crippen LogP contribution in [0.15, 0.2) is 35.4 Å². The van der Waals surface area contributed by atoms with Crippen LogP contribution in [0.1, 0.15) is 38.6 Å². The molecule has 8 nitrogen and oxygen atoms in total. The Morgan fingerprint density at radius 1 is 1.17 bits per heavy atom. The highest BCUT2D eigenvalue weighted by Gasteiger charge is 2.28. The summed E-state index contributed by atoms with van der Waals surface area (Å²) in [6.07, 6.45) is 8.08. The molecule has 36 heavy (non-hydrogen) atoms. The number of pyridine rings is 2. The van der Waals surface area contributed by atoms with Gasteiger partial charge in [0.15, 0.2) is 0 Å². The van der Waals surface area contributed by atoms with Crippen LogP contribution in [0.4, 0.5) is 4.39 Å². The maximum absolute atomic E-state index is 15.5. The lowest BCUT2D eigenvalue weighted by molar-refractivity contribution is 0.203. The first kappa shape index (κ1) is 23.0. The van der Waals surface area contributed by atoms with E-state index in [1.54, 1.807) is 40.7 Å². The van der Waals surface area contributed by atoms with Gasteiger partial charge in [0.25, 0.3) is 0 Å². The van der Waals surface area contributed by atoms with E-state index in [-0.39, 0.29) is 18.3 Å². The molecule has 0 aliphatic carbocycles. The molecule has 1 unspecified atom stereocenters. The number of hydrogen-bond donors (Lipinski definition) is 0. The summed E-state index contributed by atoms with van der Waals surface area (Å²) in [4.78, 5) is 24.3. The Bertz CT molecular complexity index is 1490. The number of aromatic nitrogens is 4. The summed E-state index contributed by atoms with van der Waals surface area (Å²) in [6.45, 7) is 6.14. The third-order valence-corrected chi connectivity index (χ3v) is 7.37. The summed E-state index contributed by atoms with van der Waals surface area (Å²) in [5, 5.41) is 0.643. The molecule has 1 fully saturated rings. The number of likely N-dealkylation sites (tertiary alicyclic amines) is 1. The van der Waals surface area contributed by atoms with E-state index in [4.69, 9.17) is 9.47 Å². The first-order valence-electron chi connectivity index (χ1n) is 12.7. The lowest BCUT2D eigenvalue weighted by Gasteiger charge is -2.26. The van der Waals surface area contributed by atoms with Gasteiger partial charge in [-0.3, -0.25) is 14.1 Å². The summed E-state index contributed by atoms with van der Waals surface area (Å²) in [7, 11) is 1.73. The highest BCUT2D eigenvalue weighted by molar-refractivity contribution is 6.09. The molecule has 0 saturated carbocycles. The van der Waals surface area contributed by atoms with Crippen LogP contribution in [0.3, 0.4) is 0 Å². The number of aryl methyl sites for hydroxylation is 1. The molecule has 0 amide bonds. The Labute approximate surface area is 208 Å². The fourth-order valence-corrected chi connectivity index (χ4v) is 5.48. The largest absolute Gasteiger partial charge is 0.490 e. The first-order chi connectivity index (χ1) is 17.5. The molecular weight excluding hydrogens is 461 g/mol. The predicted molar refractivity (Wildman–Crippen MR) is 136 cm³/mol. The van der Waals surface area contributed by atoms with E-state index in [1.165, 1.54) is 38.4 Å². The SMILES string of the molecule is CC1COc2c(-c3ccc(OCCCN4CCCCC4)nc3)c(F)cc3ncc4c(c23)n1c(=O)n4C. The number of nitrogens with zero attached hydrogens (tertiary/aromatic N) is 5. The average molecular weight is 492 g/mol. The van der Waals surface area contributed by atoms with Crippen LogP contribution in [0.2, 0.25) is 0 Å². The van der Waals surface area contributed by atoms with Crippen molar-refractivity contribution in [3.05, 3.63) is 46.9 Å². The highest BCUT2D eigenvalue weighted by Crippen LogP contribution is 2.43. The van der Waals surface area contributed by atoms with Crippen molar-refractivity contribution in [1.82, 2.24) is 24.0 Å². The van der Waals surface area contributed by atoms with Crippen molar-refractivity contribution in [2.24, 2.45) is 7.05 Å². The van der Waals surface area contributed by atoms with Crippen molar-refractivity contribution < 1.29 is 13.9 Å². The van der Waals surface area contributed by atoms with Gasteiger partial charge in [-0.15, -0.1) is 0 Å². The van der Waals surface area contributed by atoms with Crippen LogP contribution < -0.4 is 15.2 Å². The molecule has 5 heterocycles. The molecule has 2 aliphatic rings. The van der Waals surface area contributed by atoms with E-state index in [2.05, 4.69) is 14.9 Å². The summed E-state index contributed by atoms with van der Waals surface area (Å²) in [6, 6.07) is 4.76. The molecule has 0 bridgehead atoms. The molecule has 3 aromatic heterocycles. The number of halogens is 1. The summed E-state index contributed by atoms with van der Waals surface area (Å²) in [5.74, 6) is 0.462. The van der Waals surface area contributed by atoms with Crippen molar-refractivity contribution in [2.45, 2.75) is 38.6 Å². The summed E-state index contributed by atoms with van der Waals surface area (Å²) >= 11 is 0. The zero-order chi connectivity index (χ0) is 24.8. The monoisotopic (exact) mass is 491 g/mol. The quantitative estimate of drug-likeness (QED) is 0.375. The van der Waals surface area contributed by atoms with Gasteiger partial charge in [0.05, 0.1) is 46.3 Å². The number of ether oxygens (including phenoxy) is 2. The maximum atomic E-state index is 15.5. The predicted octanol–water partition coefficient (Wildman–Crippen LogP) is 4.30. The van der Waals surface area contributed by atoms with Gasteiger partial charge < -0.3 is 14.4 Å². The van der Waals surface area contributed by atoms with Crippen LogP contribution in [-0.2, 0) is 7.05 Å². The number of imidazole rings is 1. The van der Waals surface area contributed by atoms with Gasteiger partial charge in [-0.2, -0.15) is 0 Å². The topological polar surface area (TPSA) is 74.4 Å². The third kappa shape index (κ3) is 3.82. The molecule has 2 aliphatic heterocycles. The lowest BCUT2D eigenvalue weighted by Crippen LogP contribution is -2.31. The molecule has 188 valence electrons. The molecule has 0 radical (unpaired) electrons. The van der Waals surface area contributed by atoms with Crippen LogP contribution >= 0.6 is 0 Å². The van der Waals surface area contributed by atoms with E-state index in [1.807, 2.05) is 6.92 Å². The van der Waals surface area contributed by atoms with E-state index in [9.17, 15) is 4.79 Å². The molecule has 6 rings (SSSR count). The van der Waals surface area contributed by atoms with Crippen molar-refractivity contribution in [3.8, 4) is 22.8 Å². The Kier molecular flexibility index (Phi) is 5.87. The molecule has 0 N–H and O–H groups in total. The average Bonchev–Trinajstić information content (AvgIpc) is 3.05. The standard InChI is InChI=1S/C27H30FN5O3/c1-17-16-36-26-23(18-7-8-22(30-14-18)35-12-6-11-32-9-4-3-5-10-32)19(28)13-20-24(26)25-21(15-29-20)31(2)27(34)33(17)25/h7-8,13-15,17H,3-6,9-12,16H2,1-2H3. The van der Waals surface area contributed by atoms with Gasteiger partial charge in [-0.25, -0.2) is 14.2 Å². The number of rotatable bonds is 6. The summed E-state index contributed by atoms with van der Waals surface area (Å²) in [5.41, 5.74) is 2.62. The maximum Gasteiger partial charge on any atom is 0.329 e. The van der Waals surface area contributed by atoms with Crippen LogP contribution in [0.25, 0.3) is 33.1 Å². The van der Waals surface area contributed by atoms with Crippen LogP contribution in [0.5, 0.6) is 11.6 Å². The van der Waals surface area contributed by atoms with Crippen LogP contribution in [0, 0.1) is 5.82 Å². The highest BCUT2D eigenvalue weighted by atomic mass is 19.1. The van der Waals surface area contributed by atoms with Gasteiger partial charge in [0, 0.05) is 37.5 Å². The second-order valence-electron chi connectivity index (χ2n) is 9.81. The second kappa shape index (κ2) is 9.20. The third-order valence-electron chi connectivity index (χ3n) is 7.37. The van der Waals surface area contributed by atoms with Gasteiger partial charge in [-0.1, -0.05) is 6.42 Å². The van der Waals surface area contributed by atoms with Crippen molar-refractivity contribution in [2.75, 3.05) is 32.8 Å². The lowest BCUT2D eigenvalue weighted by atomic mass is 10.0.